The van der Waals surface area contributed by atoms with Crippen molar-refractivity contribution in [1.29, 1.82) is 5.26 Å². The molecule has 2 aromatic carbocycles. The number of nitriles is 1. The summed E-state index contributed by atoms with van der Waals surface area (Å²) in [6, 6.07) is 13.1. The molecule has 0 bridgehead atoms. The van der Waals surface area contributed by atoms with Crippen LogP contribution in [0.3, 0.4) is 0 Å². The molecule has 0 saturated carbocycles. The summed E-state index contributed by atoms with van der Waals surface area (Å²) < 4.78 is 5.67. The molecule has 0 N–H and O–H groups in total. The molecule has 0 spiro atoms. The maximum absolute atomic E-state index is 10.8. The van der Waals surface area contributed by atoms with Gasteiger partial charge in [-0.3, -0.25) is 10.1 Å². The number of rotatable bonds is 4. The van der Waals surface area contributed by atoms with Gasteiger partial charge in [-0.05, 0) is 37.3 Å². The van der Waals surface area contributed by atoms with E-state index in [1.807, 2.05) is 30.5 Å². The number of hydrogen-bond donors (Lipinski definition) is 0. The molecular formula is C17H11N3O3S. The van der Waals surface area contributed by atoms with Crippen LogP contribution >= 0.6 is 11.3 Å². The summed E-state index contributed by atoms with van der Waals surface area (Å²) in [5.74, 6) is 0.818. The smallest absolute Gasteiger partial charge is 0.271 e. The highest BCUT2D eigenvalue weighted by molar-refractivity contribution is 7.13. The van der Waals surface area contributed by atoms with Crippen molar-refractivity contribution in [3.8, 4) is 28.1 Å². The minimum atomic E-state index is -0.546. The Labute approximate surface area is 141 Å². The van der Waals surface area contributed by atoms with Gasteiger partial charge in [0.2, 0.25) is 0 Å². The summed E-state index contributed by atoms with van der Waals surface area (Å²) in [5, 5.41) is 22.8. The summed E-state index contributed by atoms with van der Waals surface area (Å²) in [7, 11) is 0. The lowest BCUT2D eigenvalue weighted by molar-refractivity contribution is -0.384. The quantitative estimate of drug-likeness (QED) is 0.509. The van der Waals surface area contributed by atoms with Crippen LogP contribution in [0.1, 0.15) is 11.3 Å². The van der Waals surface area contributed by atoms with E-state index in [1.165, 1.54) is 18.2 Å². The summed E-state index contributed by atoms with van der Waals surface area (Å²) in [6.45, 7) is 1.94. The van der Waals surface area contributed by atoms with Crippen molar-refractivity contribution in [3.63, 3.8) is 0 Å². The molecule has 3 rings (SSSR count). The molecule has 0 amide bonds. The first-order valence-electron chi connectivity index (χ1n) is 6.96. The zero-order chi connectivity index (χ0) is 17.1. The zero-order valence-corrected chi connectivity index (χ0v) is 13.4. The molecule has 0 aliphatic carbocycles. The summed E-state index contributed by atoms with van der Waals surface area (Å²) in [6.07, 6.45) is 0. The fraction of sp³-hybridized carbons (Fsp3) is 0.0588. The van der Waals surface area contributed by atoms with Crippen LogP contribution in [0.25, 0.3) is 10.6 Å². The van der Waals surface area contributed by atoms with E-state index in [0.29, 0.717) is 5.75 Å². The fourth-order valence-corrected chi connectivity index (χ4v) is 2.89. The average molecular weight is 337 g/mol. The molecule has 1 heterocycles. The molecular weight excluding hydrogens is 326 g/mol. The van der Waals surface area contributed by atoms with Crippen molar-refractivity contribution in [1.82, 2.24) is 4.98 Å². The van der Waals surface area contributed by atoms with Gasteiger partial charge >= 0.3 is 0 Å². The van der Waals surface area contributed by atoms with E-state index in [-0.39, 0.29) is 17.0 Å². The van der Waals surface area contributed by atoms with Crippen molar-refractivity contribution in [2.75, 3.05) is 0 Å². The van der Waals surface area contributed by atoms with Crippen LogP contribution in [0, 0.1) is 28.4 Å². The lowest BCUT2D eigenvalue weighted by Gasteiger charge is -2.07. The molecule has 0 unspecified atom stereocenters. The molecule has 118 valence electrons. The third-order valence-corrected chi connectivity index (χ3v) is 4.25. The third kappa shape index (κ3) is 3.24. The molecule has 0 fully saturated rings. The van der Waals surface area contributed by atoms with Crippen LogP contribution in [-0.4, -0.2) is 9.91 Å². The van der Waals surface area contributed by atoms with Gasteiger partial charge in [-0.2, -0.15) is 5.26 Å². The Bertz CT molecular complexity index is 942. The molecule has 0 aliphatic heterocycles. The highest BCUT2D eigenvalue weighted by Crippen LogP contribution is 2.30. The average Bonchev–Trinajstić information content (AvgIpc) is 3.02. The number of nitro benzene ring substituents is 1. The predicted molar refractivity (Wildman–Crippen MR) is 90.2 cm³/mol. The fourth-order valence-electron chi connectivity index (χ4n) is 2.09. The van der Waals surface area contributed by atoms with E-state index < -0.39 is 4.92 Å². The number of aromatic nitrogens is 1. The summed E-state index contributed by atoms with van der Waals surface area (Å²) in [4.78, 5) is 14.6. The first-order valence-corrected chi connectivity index (χ1v) is 7.84. The molecule has 1 aromatic heterocycles. The van der Waals surface area contributed by atoms with Gasteiger partial charge in [0.05, 0.1) is 4.92 Å². The van der Waals surface area contributed by atoms with Crippen LogP contribution in [0.2, 0.25) is 0 Å². The highest BCUT2D eigenvalue weighted by Gasteiger charge is 2.12. The van der Waals surface area contributed by atoms with Crippen LogP contribution in [0.4, 0.5) is 5.69 Å². The zero-order valence-electron chi connectivity index (χ0n) is 12.6. The lowest BCUT2D eigenvalue weighted by Crippen LogP contribution is -1.92. The van der Waals surface area contributed by atoms with E-state index in [9.17, 15) is 10.1 Å². The number of nitro groups is 1. The number of thiazole rings is 1. The minimum absolute atomic E-state index is 0.115. The number of aryl methyl sites for hydroxylation is 1. The summed E-state index contributed by atoms with van der Waals surface area (Å²) >= 11 is 1.56. The molecule has 7 heteroatoms. The SMILES string of the molecule is Cc1csc(-c2ccc(Oc3ccc([N+](=O)[O-])cc3C#N)cc2)n1. The molecule has 24 heavy (non-hydrogen) atoms. The van der Waals surface area contributed by atoms with Crippen LogP contribution in [0.5, 0.6) is 11.5 Å². The van der Waals surface area contributed by atoms with Crippen molar-refractivity contribution in [2.24, 2.45) is 0 Å². The largest absolute Gasteiger partial charge is 0.456 e. The van der Waals surface area contributed by atoms with Crippen molar-refractivity contribution in [2.45, 2.75) is 6.92 Å². The molecule has 0 radical (unpaired) electrons. The van der Waals surface area contributed by atoms with Gasteiger partial charge in [0, 0.05) is 28.8 Å². The monoisotopic (exact) mass is 337 g/mol. The van der Waals surface area contributed by atoms with Crippen LogP contribution < -0.4 is 4.74 Å². The molecule has 0 atom stereocenters. The second-order valence-corrected chi connectivity index (χ2v) is 5.83. The Morgan fingerprint density at radius 3 is 2.58 bits per heavy atom. The minimum Gasteiger partial charge on any atom is -0.456 e. The highest BCUT2D eigenvalue weighted by atomic mass is 32.1. The Morgan fingerprint density at radius 2 is 2.00 bits per heavy atom. The standard InChI is InChI=1S/C17H11N3O3S/c1-11-10-24-17(19-11)12-2-5-15(6-3-12)23-16-7-4-14(20(21)22)8-13(16)9-18/h2-8,10H,1H3. The Hall–Kier alpha value is -3.24. The topological polar surface area (TPSA) is 89.0 Å². The molecule has 3 aromatic rings. The second kappa shape index (κ2) is 6.48. The van der Waals surface area contributed by atoms with Gasteiger partial charge in [-0.25, -0.2) is 4.98 Å². The molecule has 0 saturated heterocycles. The molecule has 0 aliphatic rings. The number of benzene rings is 2. The predicted octanol–water partition coefficient (Wildman–Crippen LogP) is 4.69. The van der Waals surface area contributed by atoms with E-state index in [0.717, 1.165) is 16.3 Å². The summed E-state index contributed by atoms with van der Waals surface area (Å²) in [5.41, 5.74) is 1.92. The Balaban J connectivity index is 1.84. The number of non-ortho nitro benzene ring substituents is 1. The number of hydrogen-bond acceptors (Lipinski definition) is 6. The van der Waals surface area contributed by atoms with Gasteiger partial charge in [-0.15, -0.1) is 11.3 Å². The van der Waals surface area contributed by atoms with E-state index in [2.05, 4.69) is 4.98 Å². The van der Waals surface area contributed by atoms with Crippen LogP contribution in [-0.2, 0) is 0 Å². The van der Waals surface area contributed by atoms with E-state index >= 15 is 0 Å². The maximum Gasteiger partial charge on any atom is 0.271 e. The van der Waals surface area contributed by atoms with E-state index in [1.54, 1.807) is 23.5 Å². The first kappa shape index (κ1) is 15.6. The Kier molecular flexibility index (Phi) is 4.22. The van der Waals surface area contributed by atoms with Crippen molar-refractivity contribution < 1.29 is 9.66 Å². The third-order valence-electron chi connectivity index (χ3n) is 3.24. The first-order chi connectivity index (χ1) is 11.6. The maximum atomic E-state index is 10.8. The molecule has 6 nitrogen and oxygen atoms in total. The lowest BCUT2D eigenvalue weighted by atomic mass is 10.2. The van der Waals surface area contributed by atoms with Gasteiger partial charge in [-0.1, -0.05) is 0 Å². The normalized spacial score (nSPS) is 10.2. The van der Waals surface area contributed by atoms with Crippen LogP contribution in [0.15, 0.2) is 47.8 Å². The van der Waals surface area contributed by atoms with Gasteiger partial charge in [0.15, 0.2) is 0 Å². The van der Waals surface area contributed by atoms with Crippen molar-refractivity contribution in [3.05, 3.63) is 69.2 Å². The van der Waals surface area contributed by atoms with E-state index in [4.69, 9.17) is 10.00 Å². The Morgan fingerprint density at radius 1 is 1.25 bits per heavy atom. The number of ether oxygens (including phenoxy) is 1. The second-order valence-electron chi connectivity index (χ2n) is 4.97. The van der Waals surface area contributed by atoms with Gasteiger partial charge in [0.25, 0.3) is 5.69 Å². The number of nitrogens with zero attached hydrogens (tertiary/aromatic N) is 3. The van der Waals surface area contributed by atoms with Gasteiger partial charge < -0.3 is 4.74 Å². The van der Waals surface area contributed by atoms with Crippen molar-refractivity contribution >= 4 is 17.0 Å². The van der Waals surface area contributed by atoms with Gasteiger partial charge in [0.1, 0.15) is 28.1 Å².